The smallest absolute Gasteiger partial charge is 0.335 e. The van der Waals surface area contributed by atoms with Crippen LogP contribution in [0.25, 0.3) is 6.08 Å². The van der Waals surface area contributed by atoms with Gasteiger partial charge in [0.05, 0.1) is 23.4 Å². The maximum Gasteiger partial charge on any atom is 0.335 e. The maximum absolute atomic E-state index is 13.0. The number of amides is 4. The summed E-state index contributed by atoms with van der Waals surface area (Å²) in [6.45, 7) is 3.95. The fourth-order valence-corrected chi connectivity index (χ4v) is 3.69. The lowest BCUT2D eigenvalue weighted by Gasteiger charge is -2.26. The third-order valence-electron chi connectivity index (χ3n) is 4.64. The van der Waals surface area contributed by atoms with Crippen LogP contribution in [0, 0.1) is 0 Å². The van der Waals surface area contributed by atoms with Crippen LogP contribution in [0.2, 0.25) is 0 Å². The van der Waals surface area contributed by atoms with E-state index in [1.165, 1.54) is 13.2 Å². The highest BCUT2D eigenvalue weighted by Crippen LogP contribution is 2.38. The van der Waals surface area contributed by atoms with Gasteiger partial charge < -0.3 is 9.47 Å². The maximum atomic E-state index is 13.0. The summed E-state index contributed by atoms with van der Waals surface area (Å²) in [6.07, 6.45) is 2.21. The summed E-state index contributed by atoms with van der Waals surface area (Å²) in [4.78, 5) is 38.7. The van der Waals surface area contributed by atoms with Gasteiger partial charge in [0.2, 0.25) is 0 Å². The highest BCUT2D eigenvalue weighted by Gasteiger charge is 2.36. The normalized spacial score (nSPS) is 16.4. The first-order valence-corrected chi connectivity index (χ1v) is 11.0. The molecule has 2 aromatic rings. The molecule has 1 saturated heterocycles. The van der Waals surface area contributed by atoms with E-state index in [4.69, 9.17) is 9.47 Å². The molecule has 1 aliphatic rings. The first kappa shape index (κ1) is 23.0. The number of hydrogen-bond acceptors (Lipinski definition) is 5. The molecule has 1 N–H and O–H groups in total. The second kappa shape index (κ2) is 9.65. The van der Waals surface area contributed by atoms with Gasteiger partial charge in [-0.3, -0.25) is 14.9 Å². The molecule has 1 fully saturated rings. The second-order valence-corrected chi connectivity index (χ2v) is 8.58. The predicted octanol–water partition coefficient (Wildman–Crippen LogP) is 5.06. The Bertz CT molecular complexity index is 1070. The number of rotatable bonds is 6. The Hall–Kier alpha value is -2.65. The fourth-order valence-electron chi connectivity index (χ4n) is 2.87. The molecule has 0 unspecified atom stereocenters. The van der Waals surface area contributed by atoms with Gasteiger partial charge in [-0.15, -0.1) is 0 Å². The van der Waals surface area contributed by atoms with Crippen molar-refractivity contribution in [2.24, 2.45) is 0 Å². The summed E-state index contributed by atoms with van der Waals surface area (Å²) in [7, 11) is 1.51. The van der Waals surface area contributed by atoms with E-state index in [2.05, 4.69) is 37.2 Å². The zero-order valence-electron chi connectivity index (χ0n) is 17.1. The number of nitrogens with one attached hydrogen (secondary N) is 1. The summed E-state index contributed by atoms with van der Waals surface area (Å²) in [5.74, 6) is -0.499. The summed E-state index contributed by atoms with van der Waals surface area (Å²) < 4.78 is 12.8. The molecule has 3 rings (SSSR count). The van der Waals surface area contributed by atoms with Gasteiger partial charge in [0.25, 0.3) is 11.8 Å². The molecule has 9 heteroatoms. The van der Waals surface area contributed by atoms with Gasteiger partial charge in [0, 0.05) is 4.47 Å². The lowest BCUT2D eigenvalue weighted by Crippen LogP contribution is -2.54. The fraction of sp³-hybridized carbons (Fsp3) is 0.227. The third-order valence-corrected chi connectivity index (χ3v) is 5.76. The van der Waals surface area contributed by atoms with Crippen molar-refractivity contribution in [2.75, 3.05) is 12.0 Å². The van der Waals surface area contributed by atoms with Gasteiger partial charge in [-0.05, 0) is 77.3 Å². The number of hydrogen-bond donors (Lipinski definition) is 1. The van der Waals surface area contributed by atoms with E-state index < -0.39 is 17.8 Å². The molecule has 1 heterocycles. The van der Waals surface area contributed by atoms with E-state index in [0.29, 0.717) is 27.2 Å². The Kier molecular flexibility index (Phi) is 7.17. The minimum absolute atomic E-state index is 0.0226. The van der Waals surface area contributed by atoms with Crippen molar-refractivity contribution < 1.29 is 23.9 Å². The highest BCUT2D eigenvalue weighted by atomic mass is 79.9. The van der Waals surface area contributed by atoms with E-state index in [9.17, 15) is 14.4 Å². The molecule has 1 atom stereocenters. The van der Waals surface area contributed by atoms with Crippen molar-refractivity contribution in [3.05, 3.63) is 56.5 Å². The van der Waals surface area contributed by atoms with Crippen molar-refractivity contribution in [3.63, 3.8) is 0 Å². The van der Waals surface area contributed by atoms with Crippen LogP contribution in [0.5, 0.6) is 11.5 Å². The zero-order valence-corrected chi connectivity index (χ0v) is 20.2. The van der Waals surface area contributed by atoms with Crippen molar-refractivity contribution in [1.82, 2.24) is 5.32 Å². The first-order chi connectivity index (χ1) is 14.7. The topological polar surface area (TPSA) is 84.9 Å². The summed E-state index contributed by atoms with van der Waals surface area (Å²) in [6, 6.07) is 9.20. The van der Waals surface area contributed by atoms with Crippen LogP contribution in [-0.4, -0.2) is 31.1 Å². The van der Waals surface area contributed by atoms with Crippen molar-refractivity contribution >= 4 is 61.5 Å². The molecule has 4 amide bonds. The number of benzene rings is 2. The summed E-state index contributed by atoms with van der Waals surface area (Å²) >= 11 is 6.78. The SMILES string of the molecule is CC[C@@H](C)Oc1c(Br)cc(/C=C2\C(=O)NC(=O)N(c3ccc(Br)cc3)C2=O)cc1OC. The van der Waals surface area contributed by atoms with Crippen LogP contribution in [0.4, 0.5) is 10.5 Å². The number of barbiturate groups is 1. The molecule has 0 radical (unpaired) electrons. The zero-order chi connectivity index (χ0) is 22.7. The first-order valence-electron chi connectivity index (χ1n) is 9.46. The van der Waals surface area contributed by atoms with Crippen LogP contribution in [-0.2, 0) is 9.59 Å². The van der Waals surface area contributed by atoms with Crippen LogP contribution >= 0.6 is 31.9 Å². The summed E-state index contributed by atoms with van der Waals surface area (Å²) in [5.41, 5.74) is 0.705. The molecule has 31 heavy (non-hydrogen) atoms. The molecule has 0 aromatic heterocycles. The minimum atomic E-state index is -0.800. The predicted molar refractivity (Wildman–Crippen MR) is 124 cm³/mol. The van der Waals surface area contributed by atoms with Crippen LogP contribution in [0.1, 0.15) is 25.8 Å². The Balaban J connectivity index is 2.00. The lowest BCUT2D eigenvalue weighted by atomic mass is 10.1. The van der Waals surface area contributed by atoms with E-state index in [-0.39, 0.29) is 11.7 Å². The average Bonchev–Trinajstić information content (AvgIpc) is 2.73. The number of ether oxygens (including phenoxy) is 2. The number of imide groups is 2. The monoisotopic (exact) mass is 550 g/mol. The number of carbonyl (C=O) groups excluding carboxylic acids is 3. The van der Waals surface area contributed by atoms with Gasteiger partial charge in [0.1, 0.15) is 5.57 Å². The Morgan fingerprint density at radius 1 is 1.13 bits per heavy atom. The quantitative estimate of drug-likeness (QED) is 0.400. The number of carbonyl (C=O) groups is 3. The van der Waals surface area contributed by atoms with E-state index in [1.807, 2.05) is 13.8 Å². The van der Waals surface area contributed by atoms with Gasteiger partial charge >= 0.3 is 6.03 Å². The molecular weight excluding hydrogens is 532 g/mol. The molecular formula is C22H20Br2N2O5. The number of halogens is 2. The number of methoxy groups -OCH3 is 1. The largest absolute Gasteiger partial charge is 0.493 e. The molecule has 0 spiro atoms. The Labute approximate surface area is 196 Å². The molecule has 1 aliphatic heterocycles. The molecule has 0 saturated carbocycles. The molecule has 7 nitrogen and oxygen atoms in total. The third kappa shape index (κ3) is 4.99. The average molecular weight is 552 g/mol. The Morgan fingerprint density at radius 3 is 2.42 bits per heavy atom. The number of urea groups is 1. The van der Waals surface area contributed by atoms with Gasteiger partial charge in [-0.1, -0.05) is 22.9 Å². The van der Waals surface area contributed by atoms with E-state index in [1.54, 1.807) is 36.4 Å². The van der Waals surface area contributed by atoms with Crippen LogP contribution in [0.3, 0.4) is 0 Å². The molecule has 162 valence electrons. The van der Waals surface area contributed by atoms with Crippen molar-refractivity contribution in [1.29, 1.82) is 0 Å². The molecule has 2 aromatic carbocycles. The molecule has 0 aliphatic carbocycles. The second-order valence-electron chi connectivity index (χ2n) is 6.81. The van der Waals surface area contributed by atoms with Crippen LogP contribution < -0.4 is 19.7 Å². The lowest BCUT2D eigenvalue weighted by molar-refractivity contribution is -0.122. The van der Waals surface area contributed by atoms with E-state index >= 15 is 0 Å². The van der Waals surface area contributed by atoms with Gasteiger partial charge in [-0.25, -0.2) is 9.69 Å². The number of nitrogens with zero attached hydrogens (tertiary/aromatic N) is 1. The standard InChI is InChI=1S/C22H20Br2N2O5/c1-4-12(2)31-19-17(24)10-13(11-18(19)30-3)9-16-20(27)25-22(29)26(21(16)28)15-7-5-14(23)6-8-15/h5-12H,4H2,1-3H3,(H,25,27,29)/b16-9+/t12-/m1/s1. The summed E-state index contributed by atoms with van der Waals surface area (Å²) in [5, 5.41) is 2.21. The minimum Gasteiger partial charge on any atom is -0.493 e. The van der Waals surface area contributed by atoms with E-state index in [0.717, 1.165) is 15.8 Å². The number of anilines is 1. The van der Waals surface area contributed by atoms with Gasteiger partial charge in [0.15, 0.2) is 11.5 Å². The van der Waals surface area contributed by atoms with Crippen molar-refractivity contribution in [2.45, 2.75) is 26.4 Å². The highest BCUT2D eigenvalue weighted by molar-refractivity contribution is 9.10. The van der Waals surface area contributed by atoms with Gasteiger partial charge in [-0.2, -0.15) is 0 Å². The molecule has 0 bridgehead atoms. The van der Waals surface area contributed by atoms with Crippen LogP contribution in [0.15, 0.2) is 50.9 Å². The Morgan fingerprint density at radius 2 is 1.81 bits per heavy atom. The van der Waals surface area contributed by atoms with Crippen molar-refractivity contribution in [3.8, 4) is 11.5 Å².